The summed E-state index contributed by atoms with van der Waals surface area (Å²) in [6, 6.07) is 12.3. The third-order valence-electron chi connectivity index (χ3n) is 5.81. The van der Waals surface area contributed by atoms with Gasteiger partial charge in [0.15, 0.2) is 5.82 Å². The Labute approximate surface area is 194 Å². The quantitative estimate of drug-likeness (QED) is 0.415. The van der Waals surface area contributed by atoms with E-state index < -0.39 is 0 Å². The molecule has 1 amide bonds. The van der Waals surface area contributed by atoms with Crippen molar-refractivity contribution in [3.8, 4) is 5.88 Å². The second kappa shape index (κ2) is 8.61. The van der Waals surface area contributed by atoms with E-state index in [0.29, 0.717) is 23.1 Å². The van der Waals surface area contributed by atoms with Crippen LogP contribution in [0.3, 0.4) is 0 Å². The van der Waals surface area contributed by atoms with Gasteiger partial charge in [-0.05, 0) is 41.5 Å². The number of hydrogen-bond acceptors (Lipinski definition) is 7. The van der Waals surface area contributed by atoms with Crippen molar-refractivity contribution in [3.05, 3.63) is 74.0 Å². The molecule has 0 saturated carbocycles. The average molecular weight is 466 g/mol. The molecule has 1 aromatic carbocycles. The third kappa shape index (κ3) is 3.48. The molecule has 0 fully saturated rings. The molecule has 164 valence electrons. The number of amides is 1. The van der Waals surface area contributed by atoms with Gasteiger partial charge in [-0.1, -0.05) is 30.3 Å². The third-order valence-corrected chi connectivity index (χ3v) is 7.98. The Kier molecular flexibility index (Phi) is 5.67. The molecule has 32 heavy (non-hydrogen) atoms. The standard InChI is InChI=1S/C24H23N3O3S2/c1-14-19-22(30-3)25-18(13-29-2)26-23(19)32-21(14)24(28)27-11-9-17-16(10-12-31-17)20(27)15-7-5-4-6-8-15/h4-8,10,12,20H,9,11,13H2,1-3H3. The number of methoxy groups -OCH3 is 2. The van der Waals surface area contributed by atoms with E-state index >= 15 is 0 Å². The van der Waals surface area contributed by atoms with Crippen LogP contribution in [0, 0.1) is 6.92 Å². The van der Waals surface area contributed by atoms with Crippen molar-refractivity contribution in [1.82, 2.24) is 14.9 Å². The molecule has 0 bridgehead atoms. The summed E-state index contributed by atoms with van der Waals surface area (Å²) in [5.41, 5.74) is 3.21. The zero-order chi connectivity index (χ0) is 22.2. The number of hydrogen-bond donors (Lipinski definition) is 0. The van der Waals surface area contributed by atoms with Crippen molar-refractivity contribution in [2.45, 2.75) is 26.0 Å². The molecule has 4 heterocycles. The van der Waals surface area contributed by atoms with Crippen LogP contribution in [0.1, 0.15) is 43.1 Å². The highest BCUT2D eigenvalue weighted by Crippen LogP contribution is 2.41. The highest BCUT2D eigenvalue weighted by Gasteiger charge is 2.35. The lowest BCUT2D eigenvalue weighted by molar-refractivity contribution is 0.0700. The van der Waals surface area contributed by atoms with Gasteiger partial charge in [0.1, 0.15) is 11.4 Å². The summed E-state index contributed by atoms with van der Waals surface area (Å²) in [5.74, 6) is 1.04. The summed E-state index contributed by atoms with van der Waals surface area (Å²) in [4.78, 5) is 27.8. The molecule has 0 saturated heterocycles. The Bertz CT molecular complexity index is 1280. The molecule has 1 atom stereocenters. The van der Waals surface area contributed by atoms with E-state index in [1.807, 2.05) is 30.0 Å². The Morgan fingerprint density at radius 2 is 2.00 bits per heavy atom. The van der Waals surface area contributed by atoms with E-state index in [2.05, 4.69) is 33.5 Å². The molecule has 5 rings (SSSR count). The van der Waals surface area contributed by atoms with Gasteiger partial charge in [-0.15, -0.1) is 22.7 Å². The number of aryl methyl sites for hydroxylation is 1. The van der Waals surface area contributed by atoms with Gasteiger partial charge in [-0.2, -0.15) is 4.98 Å². The fraction of sp³-hybridized carbons (Fsp3) is 0.292. The molecule has 3 aromatic heterocycles. The number of ether oxygens (including phenoxy) is 2. The first kappa shape index (κ1) is 21.1. The van der Waals surface area contributed by atoms with Gasteiger partial charge in [0.25, 0.3) is 5.91 Å². The van der Waals surface area contributed by atoms with Gasteiger partial charge in [0.05, 0.1) is 23.4 Å². The molecule has 4 aromatic rings. The number of nitrogens with zero attached hydrogens (tertiary/aromatic N) is 3. The van der Waals surface area contributed by atoms with Crippen molar-refractivity contribution in [2.24, 2.45) is 0 Å². The maximum atomic E-state index is 13.9. The number of benzene rings is 1. The van der Waals surface area contributed by atoms with Crippen LogP contribution in [-0.2, 0) is 17.8 Å². The number of thiophene rings is 2. The molecule has 1 unspecified atom stereocenters. The van der Waals surface area contributed by atoms with Crippen LogP contribution >= 0.6 is 22.7 Å². The van der Waals surface area contributed by atoms with Gasteiger partial charge in [-0.25, -0.2) is 4.98 Å². The fourth-order valence-corrected chi connectivity index (χ4v) is 6.40. The summed E-state index contributed by atoms with van der Waals surface area (Å²) in [6.07, 6.45) is 0.868. The highest BCUT2D eigenvalue weighted by atomic mass is 32.1. The smallest absolute Gasteiger partial charge is 0.265 e. The molecule has 8 heteroatoms. The van der Waals surface area contributed by atoms with Crippen LogP contribution in [0.2, 0.25) is 0 Å². The van der Waals surface area contributed by atoms with Gasteiger partial charge in [0.2, 0.25) is 5.88 Å². The van der Waals surface area contributed by atoms with Crippen LogP contribution in [0.25, 0.3) is 10.2 Å². The van der Waals surface area contributed by atoms with Crippen molar-refractivity contribution < 1.29 is 14.3 Å². The van der Waals surface area contributed by atoms with E-state index in [4.69, 9.17) is 9.47 Å². The first-order valence-electron chi connectivity index (χ1n) is 10.4. The van der Waals surface area contributed by atoms with E-state index in [-0.39, 0.29) is 18.6 Å². The first-order valence-corrected chi connectivity index (χ1v) is 12.1. The van der Waals surface area contributed by atoms with Crippen molar-refractivity contribution in [1.29, 1.82) is 0 Å². The SMILES string of the molecule is COCc1nc(OC)c2c(C)c(C(=O)N3CCc4sccc4C3c3ccccc3)sc2n1. The second-order valence-corrected chi connectivity index (χ2v) is 9.68. The van der Waals surface area contributed by atoms with Crippen LogP contribution in [0.15, 0.2) is 41.8 Å². The summed E-state index contributed by atoms with van der Waals surface area (Å²) >= 11 is 3.17. The molecule has 0 aliphatic carbocycles. The highest BCUT2D eigenvalue weighted by molar-refractivity contribution is 7.20. The lowest BCUT2D eigenvalue weighted by Gasteiger charge is -2.36. The summed E-state index contributed by atoms with van der Waals surface area (Å²) < 4.78 is 10.7. The van der Waals surface area contributed by atoms with Gasteiger partial charge in [0, 0.05) is 18.5 Å². The lowest BCUT2D eigenvalue weighted by Crippen LogP contribution is -2.40. The van der Waals surface area contributed by atoms with Crippen LogP contribution in [0.4, 0.5) is 0 Å². The number of fused-ring (bicyclic) bond motifs is 2. The lowest BCUT2D eigenvalue weighted by atomic mass is 9.93. The summed E-state index contributed by atoms with van der Waals surface area (Å²) in [5, 5.41) is 2.92. The largest absolute Gasteiger partial charge is 0.480 e. The number of aromatic nitrogens is 2. The van der Waals surface area contributed by atoms with Crippen LogP contribution < -0.4 is 4.74 Å². The topological polar surface area (TPSA) is 64.6 Å². The number of carbonyl (C=O) groups is 1. The minimum absolute atomic E-state index is 0.0200. The number of rotatable bonds is 5. The van der Waals surface area contributed by atoms with E-state index in [9.17, 15) is 4.79 Å². The average Bonchev–Trinajstić information content (AvgIpc) is 3.43. The molecular weight excluding hydrogens is 442 g/mol. The van der Waals surface area contributed by atoms with Crippen molar-refractivity contribution >= 4 is 38.8 Å². The van der Waals surface area contributed by atoms with Gasteiger partial charge in [-0.3, -0.25) is 4.79 Å². The molecular formula is C24H23N3O3S2. The molecule has 0 N–H and O–H groups in total. The number of carbonyl (C=O) groups excluding carboxylic acids is 1. The van der Waals surface area contributed by atoms with Crippen LogP contribution in [0.5, 0.6) is 5.88 Å². The Balaban J connectivity index is 1.61. The van der Waals surface area contributed by atoms with E-state index in [1.54, 1.807) is 25.6 Å². The summed E-state index contributed by atoms with van der Waals surface area (Å²) in [7, 11) is 3.19. The predicted octanol–water partition coefficient (Wildman–Crippen LogP) is 5.00. The maximum absolute atomic E-state index is 13.9. The van der Waals surface area contributed by atoms with E-state index in [0.717, 1.165) is 27.8 Å². The first-order chi connectivity index (χ1) is 15.6. The van der Waals surface area contributed by atoms with Crippen molar-refractivity contribution in [3.63, 3.8) is 0 Å². The molecule has 6 nitrogen and oxygen atoms in total. The zero-order valence-corrected chi connectivity index (χ0v) is 19.8. The minimum Gasteiger partial charge on any atom is -0.480 e. The fourth-order valence-electron chi connectivity index (χ4n) is 4.35. The normalized spacial score (nSPS) is 15.7. The maximum Gasteiger partial charge on any atom is 0.265 e. The van der Waals surface area contributed by atoms with Gasteiger partial charge < -0.3 is 14.4 Å². The zero-order valence-electron chi connectivity index (χ0n) is 18.1. The van der Waals surface area contributed by atoms with Crippen molar-refractivity contribution in [2.75, 3.05) is 20.8 Å². The monoisotopic (exact) mass is 465 g/mol. The molecule has 1 aliphatic rings. The molecule has 0 spiro atoms. The Morgan fingerprint density at radius 3 is 2.75 bits per heavy atom. The minimum atomic E-state index is -0.0969. The second-order valence-electron chi connectivity index (χ2n) is 7.68. The van der Waals surface area contributed by atoms with E-state index in [1.165, 1.54) is 21.8 Å². The Morgan fingerprint density at radius 1 is 1.19 bits per heavy atom. The summed E-state index contributed by atoms with van der Waals surface area (Å²) in [6.45, 7) is 2.92. The van der Waals surface area contributed by atoms with Gasteiger partial charge >= 0.3 is 0 Å². The van der Waals surface area contributed by atoms with Crippen LogP contribution in [-0.4, -0.2) is 41.5 Å². The molecule has 0 radical (unpaired) electrons. The predicted molar refractivity (Wildman–Crippen MR) is 127 cm³/mol. The molecule has 1 aliphatic heterocycles. The Hall–Kier alpha value is -2.81.